The summed E-state index contributed by atoms with van der Waals surface area (Å²) in [4.78, 5) is 15.5. The van der Waals surface area contributed by atoms with E-state index >= 15 is 0 Å². The van der Waals surface area contributed by atoms with Crippen LogP contribution >= 0.6 is 24.0 Å². The molecule has 0 spiro atoms. The average Bonchev–Trinajstić information content (AvgIpc) is 3.22. The second-order valence-electron chi connectivity index (χ2n) is 7.30. The van der Waals surface area contributed by atoms with Crippen LogP contribution in [0.25, 0.3) is 0 Å². The topological polar surface area (TPSA) is 80.3 Å². The maximum atomic E-state index is 14.6. The number of hydrogen-bond acceptors (Lipinski definition) is 7. The van der Waals surface area contributed by atoms with Gasteiger partial charge < -0.3 is 20.2 Å². The van der Waals surface area contributed by atoms with Gasteiger partial charge in [0, 0.05) is 30.9 Å². The van der Waals surface area contributed by atoms with E-state index in [0.29, 0.717) is 37.6 Å². The summed E-state index contributed by atoms with van der Waals surface area (Å²) in [5.41, 5.74) is 6.49. The van der Waals surface area contributed by atoms with Gasteiger partial charge in [0.25, 0.3) is 0 Å². The molecule has 0 aliphatic carbocycles. The number of carbonyl (C=O) groups excluding carboxylic acids is 1. The Kier molecular flexibility index (Phi) is 5.68. The molecule has 2 fully saturated rings. The molecule has 27 heavy (non-hydrogen) atoms. The second kappa shape index (κ2) is 7.68. The highest BCUT2D eigenvalue weighted by atomic mass is 127. The Morgan fingerprint density at radius 3 is 2.81 bits per heavy atom. The van der Waals surface area contributed by atoms with Gasteiger partial charge in [0.1, 0.15) is 11.9 Å². The number of hydrazine groups is 2. The predicted molar refractivity (Wildman–Crippen MR) is 109 cm³/mol. The minimum absolute atomic E-state index is 0. The van der Waals surface area contributed by atoms with Crippen molar-refractivity contribution in [1.29, 1.82) is 0 Å². The van der Waals surface area contributed by atoms with Gasteiger partial charge in [0.15, 0.2) is 0 Å². The Bertz CT molecular complexity index is 743. The first kappa shape index (κ1) is 20.0. The first-order chi connectivity index (χ1) is 12.5. The van der Waals surface area contributed by atoms with E-state index in [2.05, 4.69) is 11.0 Å². The van der Waals surface area contributed by atoms with Gasteiger partial charge in [0.2, 0.25) is 0 Å². The fourth-order valence-electron chi connectivity index (χ4n) is 3.50. The number of ether oxygens (including phenoxy) is 1. The van der Waals surface area contributed by atoms with E-state index in [1.54, 1.807) is 29.5 Å². The third kappa shape index (κ3) is 3.92. The Morgan fingerprint density at radius 2 is 2.19 bits per heavy atom. The highest BCUT2D eigenvalue weighted by Crippen LogP contribution is 2.36. The molecular weight excluding hydrogens is 468 g/mol. The van der Waals surface area contributed by atoms with Crippen LogP contribution in [0.3, 0.4) is 0 Å². The van der Waals surface area contributed by atoms with Gasteiger partial charge in [-0.2, -0.15) is 0 Å². The van der Waals surface area contributed by atoms with Crippen LogP contribution in [0.15, 0.2) is 30.6 Å². The van der Waals surface area contributed by atoms with Crippen LogP contribution in [0.1, 0.15) is 6.92 Å². The van der Waals surface area contributed by atoms with Crippen molar-refractivity contribution in [2.75, 3.05) is 42.6 Å². The quantitative estimate of drug-likeness (QED) is 0.538. The number of cyclic esters (lactones) is 1. The molecule has 3 heterocycles. The number of aliphatic hydroxyl groups is 1. The summed E-state index contributed by atoms with van der Waals surface area (Å²) in [5.74, 6) is -0.382. The van der Waals surface area contributed by atoms with Gasteiger partial charge in [-0.15, -0.1) is 29.5 Å². The molecule has 0 saturated carbocycles. The van der Waals surface area contributed by atoms with E-state index in [9.17, 15) is 14.3 Å². The van der Waals surface area contributed by atoms with Crippen LogP contribution < -0.4 is 20.8 Å². The number of rotatable bonds is 5. The van der Waals surface area contributed by atoms with Crippen molar-refractivity contribution in [2.45, 2.75) is 13.0 Å². The van der Waals surface area contributed by atoms with Crippen LogP contribution in [0.2, 0.25) is 0 Å². The number of halogens is 2. The summed E-state index contributed by atoms with van der Waals surface area (Å²) in [6.07, 6.45) is 2.75. The van der Waals surface area contributed by atoms with Crippen LogP contribution in [0.4, 0.5) is 20.6 Å². The molecule has 10 heteroatoms. The molecule has 1 aromatic carbocycles. The van der Waals surface area contributed by atoms with Crippen molar-refractivity contribution in [3.05, 3.63) is 36.4 Å². The lowest BCUT2D eigenvalue weighted by molar-refractivity contribution is 0.109. The van der Waals surface area contributed by atoms with E-state index in [1.807, 2.05) is 11.8 Å². The minimum atomic E-state index is -0.477. The molecule has 0 radical (unpaired) electrons. The molecule has 0 unspecified atom stereocenters. The number of aliphatic hydroxyl groups excluding tert-OH is 1. The molecule has 148 valence electrons. The highest BCUT2D eigenvalue weighted by Gasteiger charge is 2.39. The summed E-state index contributed by atoms with van der Waals surface area (Å²) in [6, 6.07) is 4.77. The van der Waals surface area contributed by atoms with E-state index < -0.39 is 6.09 Å². The number of carbonyl (C=O) groups is 1. The SMILES string of the molecule is CC1(CO)CN(c2ccc(N3C[C@H](CN4C=CNN4)OC3=O)cc2F)C1.I. The van der Waals surface area contributed by atoms with Crippen molar-refractivity contribution in [3.8, 4) is 0 Å². The molecule has 1 atom stereocenters. The molecule has 4 rings (SSSR count). The zero-order chi connectivity index (χ0) is 18.3. The van der Waals surface area contributed by atoms with Gasteiger partial charge in [-0.25, -0.2) is 9.18 Å². The number of nitrogens with zero attached hydrogens (tertiary/aromatic N) is 3. The molecule has 1 amide bonds. The second-order valence-corrected chi connectivity index (χ2v) is 7.30. The van der Waals surface area contributed by atoms with Crippen molar-refractivity contribution in [2.24, 2.45) is 5.41 Å². The lowest BCUT2D eigenvalue weighted by atomic mass is 9.82. The number of amides is 1. The summed E-state index contributed by atoms with van der Waals surface area (Å²) >= 11 is 0. The zero-order valence-corrected chi connectivity index (χ0v) is 17.2. The number of nitrogens with one attached hydrogen (secondary N) is 2. The molecule has 3 aliphatic heterocycles. The smallest absolute Gasteiger partial charge is 0.414 e. The number of hydrogen-bond donors (Lipinski definition) is 3. The van der Waals surface area contributed by atoms with Gasteiger partial charge in [-0.1, -0.05) is 6.92 Å². The molecular formula is C17H23FIN5O3. The zero-order valence-electron chi connectivity index (χ0n) is 14.9. The van der Waals surface area contributed by atoms with Crippen molar-refractivity contribution in [3.63, 3.8) is 0 Å². The van der Waals surface area contributed by atoms with Gasteiger partial charge in [-0.3, -0.25) is 9.91 Å². The first-order valence-electron chi connectivity index (χ1n) is 8.55. The molecule has 1 aromatic rings. The number of anilines is 2. The molecule has 0 aromatic heterocycles. The van der Waals surface area contributed by atoms with Crippen molar-refractivity contribution in [1.82, 2.24) is 16.0 Å². The molecule has 3 aliphatic rings. The maximum absolute atomic E-state index is 14.6. The summed E-state index contributed by atoms with van der Waals surface area (Å²) in [7, 11) is 0. The number of benzene rings is 1. The van der Waals surface area contributed by atoms with Crippen LogP contribution in [0, 0.1) is 11.2 Å². The van der Waals surface area contributed by atoms with E-state index in [-0.39, 0.29) is 47.9 Å². The lowest BCUT2D eigenvalue weighted by Gasteiger charge is -2.48. The van der Waals surface area contributed by atoms with E-state index in [1.165, 1.54) is 11.0 Å². The van der Waals surface area contributed by atoms with Crippen LogP contribution in [0.5, 0.6) is 0 Å². The third-order valence-corrected chi connectivity index (χ3v) is 4.93. The van der Waals surface area contributed by atoms with Gasteiger partial charge >= 0.3 is 6.09 Å². The fourth-order valence-corrected chi connectivity index (χ4v) is 3.50. The summed E-state index contributed by atoms with van der Waals surface area (Å²) in [5, 5.41) is 11.1. The monoisotopic (exact) mass is 491 g/mol. The normalized spacial score (nSPS) is 23.0. The Labute approximate surface area is 173 Å². The van der Waals surface area contributed by atoms with Gasteiger partial charge in [-0.05, 0) is 18.2 Å². The molecule has 0 bridgehead atoms. The Balaban J connectivity index is 0.00000210. The van der Waals surface area contributed by atoms with Gasteiger partial charge in [0.05, 0.1) is 31.1 Å². The first-order valence-corrected chi connectivity index (χ1v) is 8.55. The van der Waals surface area contributed by atoms with Crippen molar-refractivity contribution < 1.29 is 19.0 Å². The molecule has 2 saturated heterocycles. The van der Waals surface area contributed by atoms with Crippen LogP contribution in [-0.4, -0.2) is 55.1 Å². The van der Waals surface area contributed by atoms with E-state index in [0.717, 1.165) is 0 Å². The van der Waals surface area contributed by atoms with Crippen molar-refractivity contribution >= 4 is 41.4 Å². The fraction of sp³-hybridized carbons (Fsp3) is 0.471. The largest absolute Gasteiger partial charge is 0.442 e. The lowest BCUT2D eigenvalue weighted by Crippen LogP contribution is -2.57. The average molecular weight is 491 g/mol. The molecule has 3 N–H and O–H groups in total. The summed E-state index contributed by atoms with van der Waals surface area (Å²) < 4.78 is 19.9. The summed E-state index contributed by atoms with van der Waals surface area (Å²) in [6.45, 7) is 4.11. The predicted octanol–water partition coefficient (Wildman–Crippen LogP) is 1.38. The van der Waals surface area contributed by atoms with Crippen LogP contribution in [-0.2, 0) is 4.74 Å². The highest BCUT2D eigenvalue weighted by molar-refractivity contribution is 14.0. The van der Waals surface area contributed by atoms with E-state index in [4.69, 9.17) is 4.74 Å². The Hall–Kier alpha value is -1.79. The molecule has 8 nitrogen and oxygen atoms in total. The minimum Gasteiger partial charge on any atom is -0.442 e. The Morgan fingerprint density at radius 1 is 1.41 bits per heavy atom. The standard InChI is InChI=1S/C17H22FN5O3.HI/c1-17(11-24)9-21(10-17)15-3-2-12(6-14(15)18)23-8-13(26-16(23)25)7-22-5-4-19-20-22;/h2-6,13,19-20,24H,7-11H2,1H3;1H/t13-;/m0./s1. The maximum Gasteiger partial charge on any atom is 0.414 e. The third-order valence-electron chi connectivity index (χ3n) is 4.93.